The summed E-state index contributed by atoms with van der Waals surface area (Å²) in [5, 5.41) is 7.50. The van der Waals surface area contributed by atoms with Gasteiger partial charge in [0, 0.05) is 41.8 Å². The first-order chi connectivity index (χ1) is 16.5. The Bertz CT molecular complexity index is 1080. The molecular formula is C23H28Cl2FN5OS2. The maximum Gasteiger partial charge on any atom is 0.257 e. The number of hydrogen-bond donors (Lipinski definition) is 1. The fourth-order valence-corrected chi connectivity index (χ4v) is 4.77. The number of aromatic nitrogens is 3. The third-order valence-electron chi connectivity index (χ3n) is 4.40. The van der Waals surface area contributed by atoms with E-state index in [1.807, 2.05) is 33.8 Å². The van der Waals surface area contributed by atoms with Crippen LogP contribution < -0.4 is 9.62 Å². The summed E-state index contributed by atoms with van der Waals surface area (Å²) in [5.74, 6) is 1.39. The number of amides is 1. The van der Waals surface area contributed by atoms with Gasteiger partial charge in [0.2, 0.25) is 0 Å². The van der Waals surface area contributed by atoms with Gasteiger partial charge in [0.15, 0.2) is 12.3 Å². The van der Waals surface area contributed by atoms with Gasteiger partial charge in [-0.1, -0.05) is 50.9 Å². The van der Waals surface area contributed by atoms with Crippen LogP contribution in [0.2, 0.25) is 10.0 Å². The van der Waals surface area contributed by atoms with E-state index in [-0.39, 0.29) is 23.3 Å². The highest BCUT2D eigenvalue weighted by atomic mass is 35.5. The van der Waals surface area contributed by atoms with Crippen molar-refractivity contribution in [3.8, 4) is 0 Å². The molecule has 34 heavy (non-hydrogen) atoms. The maximum absolute atomic E-state index is 12.9. The van der Waals surface area contributed by atoms with Crippen molar-refractivity contribution < 1.29 is 8.68 Å². The van der Waals surface area contributed by atoms with Gasteiger partial charge in [0.05, 0.1) is 16.8 Å². The molecule has 184 valence electrons. The molecule has 3 aromatic rings. The van der Waals surface area contributed by atoms with Gasteiger partial charge in [0.25, 0.3) is 5.91 Å². The minimum atomic E-state index is -0.345. The summed E-state index contributed by atoms with van der Waals surface area (Å²) >= 11 is 14.2. The van der Waals surface area contributed by atoms with E-state index in [1.165, 1.54) is 6.20 Å². The zero-order valence-corrected chi connectivity index (χ0v) is 22.7. The second-order valence-corrected chi connectivity index (χ2v) is 9.07. The number of anilines is 2. The largest absolute Gasteiger partial charge is 0.322 e. The number of carbonyl (C=O) groups excluding carboxylic acids is 1. The molecule has 4 rings (SSSR count). The van der Waals surface area contributed by atoms with E-state index < -0.39 is 0 Å². The van der Waals surface area contributed by atoms with Crippen LogP contribution in [0.4, 0.5) is 15.4 Å². The van der Waals surface area contributed by atoms with Crippen molar-refractivity contribution in [2.45, 2.75) is 40.5 Å². The van der Waals surface area contributed by atoms with Crippen LogP contribution in [-0.4, -0.2) is 32.4 Å². The van der Waals surface area contributed by atoms with Crippen LogP contribution in [0.25, 0.3) is 0 Å². The third-order valence-corrected chi connectivity index (χ3v) is 6.41. The fraction of sp³-hybridized carbons (Fsp3) is 0.348. The summed E-state index contributed by atoms with van der Waals surface area (Å²) in [6.07, 6.45) is 6.24. The molecule has 0 atom stereocenters. The van der Waals surface area contributed by atoms with Gasteiger partial charge in [-0.25, -0.2) is 4.98 Å². The standard InChI is InChI=1S/C19H16Cl2FN5OS2.2C2H6/c20-14-5-12(4-13-9-24-27(11-13)30-22)6-15(7-14)25-19(28)16-8-18(23-10-17(16)21)26-2-1-3-29-26;2*1-2/h5-11H,1-4H2,(H,25,28);2*1-2H3. The highest BCUT2D eigenvalue weighted by molar-refractivity contribution is 8.00. The van der Waals surface area contributed by atoms with E-state index in [9.17, 15) is 8.68 Å². The van der Waals surface area contributed by atoms with Crippen molar-refractivity contribution in [3.63, 3.8) is 0 Å². The average Bonchev–Trinajstić information content (AvgIpc) is 3.54. The fourth-order valence-electron chi connectivity index (χ4n) is 3.09. The first-order valence-corrected chi connectivity index (χ1v) is 13.4. The van der Waals surface area contributed by atoms with Crippen LogP contribution in [0.1, 0.15) is 55.6 Å². The van der Waals surface area contributed by atoms with E-state index in [1.54, 1.807) is 42.5 Å². The number of benzene rings is 1. The summed E-state index contributed by atoms with van der Waals surface area (Å²) in [6, 6.07) is 6.97. The number of carbonyl (C=O) groups is 1. The van der Waals surface area contributed by atoms with Gasteiger partial charge in [0.1, 0.15) is 5.82 Å². The SMILES string of the molecule is CC.CC.O=C(Nc1cc(Cl)cc(Cc2cnn(SF)c2)c1)c1cc(N2CCCS2)ncc1Cl. The minimum absolute atomic E-state index is 0.0240. The monoisotopic (exact) mass is 543 g/mol. The summed E-state index contributed by atoms with van der Waals surface area (Å²) in [5.41, 5.74) is 2.57. The molecule has 3 heterocycles. The first kappa shape index (κ1) is 28.3. The molecule has 11 heteroatoms. The van der Waals surface area contributed by atoms with Crippen molar-refractivity contribution in [1.29, 1.82) is 0 Å². The molecule has 1 saturated heterocycles. The number of nitrogens with one attached hydrogen (secondary N) is 1. The number of rotatable bonds is 6. The molecule has 1 amide bonds. The number of hydrogen-bond acceptors (Lipinski definition) is 6. The molecule has 0 saturated carbocycles. The molecule has 1 fully saturated rings. The summed E-state index contributed by atoms with van der Waals surface area (Å²) in [6.45, 7) is 8.88. The van der Waals surface area contributed by atoms with Crippen LogP contribution in [0.15, 0.2) is 42.9 Å². The van der Waals surface area contributed by atoms with Crippen LogP contribution in [0.3, 0.4) is 0 Å². The molecule has 0 bridgehead atoms. The first-order valence-electron chi connectivity index (χ1n) is 11.0. The molecular weight excluding hydrogens is 516 g/mol. The molecule has 2 aromatic heterocycles. The zero-order valence-electron chi connectivity index (χ0n) is 19.5. The second kappa shape index (κ2) is 14.5. The molecule has 0 aliphatic carbocycles. The summed E-state index contributed by atoms with van der Waals surface area (Å²) in [7, 11) is 0. The lowest BCUT2D eigenvalue weighted by Crippen LogP contribution is -2.16. The third kappa shape index (κ3) is 7.80. The quantitative estimate of drug-likeness (QED) is 0.321. The van der Waals surface area contributed by atoms with Crippen LogP contribution in [0.5, 0.6) is 0 Å². The van der Waals surface area contributed by atoms with E-state index >= 15 is 0 Å². The lowest BCUT2D eigenvalue weighted by Gasteiger charge is -2.16. The number of pyridine rings is 1. The molecule has 0 unspecified atom stereocenters. The Morgan fingerprint density at radius 2 is 1.91 bits per heavy atom. The molecule has 1 N–H and O–H groups in total. The zero-order chi connectivity index (χ0) is 25.1. The van der Waals surface area contributed by atoms with Gasteiger partial charge in [-0.2, -0.15) is 9.19 Å². The van der Waals surface area contributed by atoms with Crippen molar-refractivity contribution in [1.82, 2.24) is 14.2 Å². The second-order valence-electron chi connectivity index (χ2n) is 6.61. The van der Waals surface area contributed by atoms with E-state index in [0.717, 1.165) is 33.9 Å². The lowest BCUT2D eigenvalue weighted by molar-refractivity contribution is 0.102. The highest BCUT2D eigenvalue weighted by Gasteiger charge is 2.19. The molecule has 0 radical (unpaired) electrons. The maximum atomic E-state index is 12.9. The van der Waals surface area contributed by atoms with Gasteiger partial charge >= 0.3 is 0 Å². The summed E-state index contributed by atoms with van der Waals surface area (Å²) < 4.78 is 15.8. The minimum Gasteiger partial charge on any atom is -0.322 e. The molecule has 1 aliphatic rings. The average molecular weight is 545 g/mol. The Labute approximate surface area is 219 Å². The highest BCUT2D eigenvalue weighted by Crippen LogP contribution is 2.30. The van der Waals surface area contributed by atoms with Crippen molar-refractivity contribution in [2.24, 2.45) is 0 Å². The van der Waals surface area contributed by atoms with Gasteiger partial charge in [-0.05, 0) is 53.8 Å². The molecule has 1 aromatic carbocycles. The van der Waals surface area contributed by atoms with Gasteiger partial charge < -0.3 is 9.62 Å². The Hall–Kier alpha value is -1.94. The van der Waals surface area contributed by atoms with Gasteiger partial charge in [-0.15, -0.1) is 3.89 Å². The van der Waals surface area contributed by atoms with Crippen molar-refractivity contribution in [3.05, 3.63) is 69.6 Å². The smallest absolute Gasteiger partial charge is 0.257 e. The van der Waals surface area contributed by atoms with E-state index in [4.69, 9.17) is 23.2 Å². The number of halogens is 3. The predicted molar refractivity (Wildman–Crippen MR) is 145 cm³/mol. The Morgan fingerprint density at radius 1 is 1.15 bits per heavy atom. The van der Waals surface area contributed by atoms with Crippen LogP contribution in [-0.2, 0) is 6.42 Å². The van der Waals surface area contributed by atoms with Crippen LogP contribution in [0, 0.1) is 0 Å². The summed E-state index contributed by atoms with van der Waals surface area (Å²) in [4.78, 5) is 17.2. The lowest BCUT2D eigenvalue weighted by atomic mass is 10.1. The van der Waals surface area contributed by atoms with Crippen molar-refractivity contribution >= 4 is 64.9 Å². The molecule has 1 aliphatic heterocycles. The molecule has 0 spiro atoms. The van der Waals surface area contributed by atoms with Gasteiger partial charge in [-0.3, -0.25) is 4.79 Å². The van der Waals surface area contributed by atoms with Crippen LogP contribution >= 0.6 is 47.5 Å². The topological polar surface area (TPSA) is 63.1 Å². The van der Waals surface area contributed by atoms with E-state index in [0.29, 0.717) is 28.5 Å². The Kier molecular flexibility index (Phi) is 12.0. The normalized spacial score (nSPS) is 12.4. The number of nitrogens with zero attached hydrogens (tertiary/aromatic N) is 4. The Morgan fingerprint density at radius 3 is 2.56 bits per heavy atom. The van der Waals surface area contributed by atoms with E-state index in [2.05, 4.69) is 19.7 Å². The van der Waals surface area contributed by atoms with Crippen molar-refractivity contribution in [2.75, 3.05) is 21.9 Å². The predicted octanol–water partition coefficient (Wildman–Crippen LogP) is 7.72. The molecule has 6 nitrogen and oxygen atoms in total. The Balaban J connectivity index is 0.000000970.